The monoisotopic (exact) mass is 61.0 g/mol. The van der Waals surface area contributed by atoms with Gasteiger partial charge in [0.1, 0.15) is 0 Å². The smallest absolute Gasteiger partial charge is 0.151 e. The number of aliphatic hydroxyl groups is 2. The second-order valence-electron chi connectivity index (χ2n) is 0.481. The fourth-order valence-electron chi connectivity index (χ4n) is 0. The molecule has 0 saturated carbocycles. The van der Waals surface area contributed by atoms with Crippen LogP contribution in [0.15, 0.2) is 0 Å². The summed E-state index contributed by atoms with van der Waals surface area (Å²) < 4.78 is 0. The summed E-state index contributed by atoms with van der Waals surface area (Å²) in [5.41, 5.74) is 0. The fraction of sp³-hybridized carbons (Fsp3) is 0.500. The molecular weight excluding hydrogens is 56.0 g/mol. The van der Waals surface area contributed by atoms with Gasteiger partial charge in [-0.25, -0.2) is 0 Å². The van der Waals surface area contributed by atoms with Crippen molar-refractivity contribution in [3.63, 3.8) is 0 Å². The van der Waals surface area contributed by atoms with Gasteiger partial charge in [0.25, 0.3) is 0 Å². The highest BCUT2D eigenvalue weighted by atomic mass is 16.5. The van der Waals surface area contributed by atoms with Crippen LogP contribution in [-0.4, -0.2) is 16.5 Å². The molecule has 0 spiro atoms. The maximum absolute atomic E-state index is 7.50. The van der Waals surface area contributed by atoms with E-state index in [2.05, 4.69) is 6.92 Å². The van der Waals surface area contributed by atoms with Gasteiger partial charge < -0.3 is 10.2 Å². The highest BCUT2D eigenvalue weighted by molar-refractivity contribution is 4.28. The lowest BCUT2D eigenvalue weighted by molar-refractivity contribution is -0.000172. The van der Waals surface area contributed by atoms with Crippen molar-refractivity contribution in [2.24, 2.45) is 0 Å². The van der Waals surface area contributed by atoms with Gasteiger partial charge in [-0.15, -0.1) is 0 Å². The van der Waals surface area contributed by atoms with E-state index in [9.17, 15) is 0 Å². The van der Waals surface area contributed by atoms with Crippen LogP contribution in [0.1, 0.15) is 0 Å². The maximum atomic E-state index is 7.50. The van der Waals surface area contributed by atoms with Crippen LogP contribution in [0.4, 0.5) is 0 Å². The molecule has 0 aromatic heterocycles. The van der Waals surface area contributed by atoms with E-state index in [0.29, 0.717) is 0 Å². The molecule has 0 aromatic rings. The first kappa shape index (κ1) is 3.92. The van der Waals surface area contributed by atoms with Crippen LogP contribution in [0.3, 0.4) is 0 Å². The van der Waals surface area contributed by atoms with Crippen LogP contribution in [-0.2, 0) is 0 Å². The normalized spacial score (nSPS) is 9.00. The Morgan fingerprint density at radius 1 is 1.50 bits per heavy atom. The summed E-state index contributed by atoms with van der Waals surface area (Å²) in [6.45, 7) is 2.75. The summed E-state index contributed by atoms with van der Waals surface area (Å²) >= 11 is 0. The maximum Gasteiger partial charge on any atom is 0.151 e. The van der Waals surface area contributed by atoms with Crippen molar-refractivity contribution < 1.29 is 10.2 Å². The Balaban J connectivity index is 2.32. The number of aliphatic hydroxyl groups excluding tert-OH is 1. The van der Waals surface area contributed by atoms with E-state index in [-0.39, 0.29) is 0 Å². The minimum Gasteiger partial charge on any atom is -0.368 e. The first-order chi connectivity index (χ1) is 1.73. The van der Waals surface area contributed by atoms with Crippen molar-refractivity contribution in [2.75, 3.05) is 0 Å². The quantitative estimate of drug-likeness (QED) is 0.357. The van der Waals surface area contributed by atoms with Crippen LogP contribution < -0.4 is 0 Å². The highest BCUT2D eigenvalue weighted by Gasteiger charge is 1.70. The van der Waals surface area contributed by atoms with E-state index >= 15 is 0 Å². The molecule has 1 radical (unpaired) electrons. The molecule has 0 aliphatic carbocycles. The number of hydrogen-bond donors (Lipinski definition) is 2. The zero-order valence-corrected chi connectivity index (χ0v) is 2.18. The third-order valence-corrected chi connectivity index (χ3v) is 0. The predicted molar refractivity (Wildman–Crippen MR) is 13.6 cm³/mol. The van der Waals surface area contributed by atoms with E-state index in [1.165, 1.54) is 0 Å². The van der Waals surface area contributed by atoms with Crippen LogP contribution >= 0.6 is 0 Å². The minimum atomic E-state index is -1.42. The van der Waals surface area contributed by atoms with Crippen molar-refractivity contribution in [1.29, 1.82) is 0 Å². The molecule has 2 nitrogen and oxygen atoms in total. The van der Waals surface area contributed by atoms with E-state index in [4.69, 9.17) is 10.2 Å². The van der Waals surface area contributed by atoms with Crippen molar-refractivity contribution in [3.05, 3.63) is 6.92 Å². The Hall–Kier alpha value is -0.0800. The van der Waals surface area contributed by atoms with Crippen molar-refractivity contribution in [2.45, 2.75) is 6.29 Å². The minimum absolute atomic E-state index is 1.42. The number of rotatable bonds is 0. The first-order valence-electron chi connectivity index (χ1n) is 0.925. The molecule has 0 rings (SSSR count). The molecule has 4 heavy (non-hydrogen) atoms. The van der Waals surface area contributed by atoms with Gasteiger partial charge in [-0.3, -0.25) is 0 Å². The van der Waals surface area contributed by atoms with Gasteiger partial charge in [0.2, 0.25) is 0 Å². The van der Waals surface area contributed by atoms with Crippen LogP contribution in [0.25, 0.3) is 0 Å². The van der Waals surface area contributed by atoms with Crippen molar-refractivity contribution >= 4 is 0 Å². The van der Waals surface area contributed by atoms with Crippen molar-refractivity contribution in [3.8, 4) is 0 Å². The Morgan fingerprint density at radius 3 is 1.50 bits per heavy atom. The van der Waals surface area contributed by atoms with Gasteiger partial charge >= 0.3 is 0 Å². The molecule has 0 heterocycles. The lowest BCUT2D eigenvalue weighted by Gasteiger charge is -1.80. The highest BCUT2D eigenvalue weighted by Crippen LogP contribution is 1.56. The van der Waals surface area contributed by atoms with Crippen LogP contribution in [0.5, 0.6) is 0 Å². The van der Waals surface area contributed by atoms with Gasteiger partial charge in [0, 0.05) is 6.92 Å². The SMILES string of the molecule is [CH2]C(O)O. The molecular formula is C2H5O2. The molecule has 0 fully saturated rings. The lowest BCUT2D eigenvalue weighted by atomic mass is 10.8. The Bertz CT molecular complexity index is 8.75. The van der Waals surface area contributed by atoms with Gasteiger partial charge in [-0.1, -0.05) is 0 Å². The summed E-state index contributed by atoms with van der Waals surface area (Å²) in [7, 11) is 0. The fourth-order valence-corrected chi connectivity index (χ4v) is 0. The molecule has 0 aliphatic heterocycles. The van der Waals surface area contributed by atoms with Gasteiger partial charge in [-0.05, 0) is 0 Å². The summed E-state index contributed by atoms with van der Waals surface area (Å²) in [6, 6.07) is 0. The summed E-state index contributed by atoms with van der Waals surface area (Å²) in [6.07, 6.45) is -1.42. The molecule has 0 aliphatic rings. The average molecular weight is 61.1 g/mol. The Kier molecular flexibility index (Phi) is 1.24. The van der Waals surface area contributed by atoms with Gasteiger partial charge in [0.05, 0.1) is 0 Å². The Labute approximate surface area is 24.7 Å². The average Bonchev–Trinajstić information content (AvgIpc) is 0.811. The topological polar surface area (TPSA) is 40.5 Å². The second kappa shape index (κ2) is 1.26. The second-order valence-corrected chi connectivity index (χ2v) is 0.481. The summed E-state index contributed by atoms with van der Waals surface area (Å²) in [5.74, 6) is 0. The van der Waals surface area contributed by atoms with Gasteiger partial charge in [0.15, 0.2) is 6.29 Å². The molecule has 0 saturated heterocycles. The molecule has 2 N–H and O–H groups in total. The molecule has 0 amide bonds. The third-order valence-electron chi connectivity index (χ3n) is 0. The van der Waals surface area contributed by atoms with E-state index in [0.717, 1.165) is 0 Å². The zero-order chi connectivity index (χ0) is 3.58. The molecule has 25 valence electrons. The largest absolute Gasteiger partial charge is 0.368 e. The predicted octanol–water partition coefficient (Wildman–Crippen LogP) is -0.869. The van der Waals surface area contributed by atoms with E-state index < -0.39 is 6.29 Å². The molecule has 0 atom stereocenters. The first-order valence-corrected chi connectivity index (χ1v) is 0.925. The Morgan fingerprint density at radius 2 is 1.50 bits per heavy atom. The molecule has 2 heteroatoms. The van der Waals surface area contributed by atoms with Crippen LogP contribution in [0, 0.1) is 6.92 Å². The van der Waals surface area contributed by atoms with E-state index in [1.807, 2.05) is 0 Å². The molecule has 0 bridgehead atoms. The van der Waals surface area contributed by atoms with Gasteiger partial charge in [-0.2, -0.15) is 0 Å². The molecule has 0 aromatic carbocycles. The standard InChI is InChI=1S/C2H5O2/c1-2(3)4/h2-4H,1H2. The summed E-state index contributed by atoms with van der Waals surface area (Å²) in [5, 5.41) is 15.0. The number of hydrogen-bond acceptors (Lipinski definition) is 2. The van der Waals surface area contributed by atoms with Crippen LogP contribution in [0.2, 0.25) is 0 Å². The lowest BCUT2D eigenvalue weighted by Crippen LogP contribution is -1.92. The molecule has 0 unspecified atom stereocenters. The summed E-state index contributed by atoms with van der Waals surface area (Å²) in [4.78, 5) is 0. The zero-order valence-electron chi connectivity index (χ0n) is 2.18. The van der Waals surface area contributed by atoms with E-state index in [1.54, 1.807) is 0 Å². The third kappa shape index (κ3) is 254. The van der Waals surface area contributed by atoms with Crippen molar-refractivity contribution in [1.82, 2.24) is 0 Å².